The Balaban J connectivity index is 2.58. The third-order valence-corrected chi connectivity index (χ3v) is 3.64. The number of nitrogens with one attached hydrogen (secondary N) is 1. The minimum absolute atomic E-state index is 0.0953. The minimum atomic E-state index is 0.0953. The molecule has 112 valence electrons. The Labute approximate surface area is 127 Å². The molecule has 3 heteroatoms. The largest absolute Gasteiger partial charge is 0.496 e. The van der Waals surface area contributed by atoms with Crippen LogP contribution in [0, 0.1) is 20.8 Å². The third kappa shape index (κ3) is 3.42. The Hall–Kier alpha value is -1.87. The van der Waals surface area contributed by atoms with Crippen molar-refractivity contribution in [1.82, 2.24) is 10.3 Å². The van der Waals surface area contributed by atoms with Gasteiger partial charge in [0.25, 0.3) is 0 Å². The van der Waals surface area contributed by atoms with Gasteiger partial charge in [-0.05, 0) is 55.6 Å². The Morgan fingerprint density at radius 1 is 1.10 bits per heavy atom. The molecule has 1 atom stereocenters. The molecule has 1 aromatic carbocycles. The van der Waals surface area contributed by atoms with Gasteiger partial charge in [0.15, 0.2) is 0 Å². The molecule has 2 aromatic rings. The molecule has 1 unspecified atom stereocenters. The number of pyridine rings is 1. The van der Waals surface area contributed by atoms with E-state index in [0.29, 0.717) is 0 Å². The van der Waals surface area contributed by atoms with Crippen LogP contribution < -0.4 is 10.1 Å². The van der Waals surface area contributed by atoms with E-state index in [-0.39, 0.29) is 6.04 Å². The molecule has 0 fully saturated rings. The maximum atomic E-state index is 5.63. The normalized spacial score (nSPS) is 12.2. The van der Waals surface area contributed by atoms with E-state index in [4.69, 9.17) is 4.74 Å². The molecule has 21 heavy (non-hydrogen) atoms. The Morgan fingerprint density at radius 2 is 1.86 bits per heavy atom. The van der Waals surface area contributed by atoms with E-state index in [0.717, 1.165) is 12.3 Å². The zero-order valence-corrected chi connectivity index (χ0v) is 13.5. The molecule has 0 aliphatic heterocycles. The Bertz CT molecular complexity index is 623. The van der Waals surface area contributed by atoms with Crippen molar-refractivity contribution in [3.8, 4) is 5.75 Å². The number of hydrogen-bond acceptors (Lipinski definition) is 3. The van der Waals surface area contributed by atoms with Crippen molar-refractivity contribution in [2.24, 2.45) is 0 Å². The van der Waals surface area contributed by atoms with E-state index in [1.54, 1.807) is 7.11 Å². The highest BCUT2D eigenvalue weighted by molar-refractivity contribution is 5.48. The number of nitrogens with zero attached hydrogens (tertiary/aromatic N) is 1. The maximum absolute atomic E-state index is 5.63. The summed E-state index contributed by atoms with van der Waals surface area (Å²) in [5, 5.41) is 3.56. The lowest BCUT2D eigenvalue weighted by molar-refractivity contribution is 0.403. The Morgan fingerprint density at radius 3 is 2.48 bits per heavy atom. The zero-order valence-electron chi connectivity index (χ0n) is 13.5. The van der Waals surface area contributed by atoms with Crippen molar-refractivity contribution in [2.45, 2.75) is 33.7 Å². The smallest absolute Gasteiger partial charge is 0.124 e. The summed E-state index contributed by atoms with van der Waals surface area (Å²) in [5.74, 6) is 0.931. The first-order valence-electron chi connectivity index (χ1n) is 7.36. The summed E-state index contributed by atoms with van der Waals surface area (Å²) in [7, 11) is 1.73. The highest BCUT2D eigenvalue weighted by Gasteiger charge is 2.20. The number of methoxy groups -OCH3 is 1. The van der Waals surface area contributed by atoms with Gasteiger partial charge in [-0.3, -0.25) is 4.98 Å². The van der Waals surface area contributed by atoms with Gasteiger partial charge in [0.05, 0.1) is 13.2 Å². The van der Waals surface area contributed by atoms with Gasteiger partial charge in [0, 0.05) is 18.0 Å². The van der Waals surface area contributed by atoms with Crippen LogP contribution >= 0.6 is 0 Å². The van der Waals surface area contributed by atoms with Gasteiger partial charge in [-0.25, -0.2) is 0 Å². The summed E-state index contributed by atoms with van der Waals surface area (Å²) in [6.07, 6.45) is 3.81. The van der Waals surface area contributed by atoms with E-state index < -0.39 is 0 Å². The van der Waals surface area contributed by atoms with Crippen LogP contribution in [0.25, 0.3) is 0 Å². The SMILES string of the molecule is CCNC(c1cncc(C)c1)c1c(C)cc(C)cc1OC. The van der Waals surface area contributed by atoms with Crippen LogP contribution in [0.3, 0.4) is 0 Å². The van der Waals surface area contributed by atoms with Crippen molar-refractivity contribution in [2.75, 3.05) is 13.7 Å². The summed E-state index contributed by atoms with van der Waals surface area (Å²) in [4.78, 5) is 4.33. The van der Waals surface area contributed by atoms with Crippen LogP contribution in [0.15, 0.2) is 30.6 Å². The summed E-state index contributed by atoms with van der Waals surface area (Å²) in [5.41, 5.74) is 5.98. The number of rotatable bonds is 5. The van der Waals surface area contributed by atoms with Crippen molar-refractivity contribution in [1.29, 1.82) is 0 Å². The predicted molar refractivity (Wildman–Crippen MR) is 87.0 cm³/mol. The monoisotopic (exact) mass is 284 g/mol. The summed E-state index contributed by atoms with van der Waals surface area (Å²) in [6.45, 7) is 9.30. The van der Waals surface area contributed by atoms with Crippen molar-refractivity contribution in [3.05, 3.63) is 58.4 Å². The molecule has 2 rings (SSSR count). The molecule has 3 nitrogen and oxygen atoms in total. The van der Waals surface area contributed by atoms with E-state index in [1.807, 2.05) is 12.4 Å². The number of aromatic nitrogens is 1. The molecule has 0 radical (unpaired) electrons. The fraction of sp³-hybridized carbons (Fsp3) is 0.389. The van der Waals surface area contributed by atoms with Crippen molar-refractivity contribution >= 4 is 0 Å². The standard InChI is InChI=1S/C18H24N2O/c1-6-20-18(15-8-13(3)10-19-11-15)17-14(4)7-12(2)9-16(17)21-5/h7-11,18,20H,6H2,1-5H3. The van der Waals surface area contributed by atoms with Gasteiger partial charge in [-0.1, -0.05) is 19.1 Å². The van der Waals surface area contributed by atoms with Gasteiger partial charge in [0.2, 0.25) is 0 Å². The van der Waals surface area contributed by atoms with Crippen LogP contribution in [-0.4, -0.2) is 18.6 Å². The molecule has 0 spiro atoms. The van der Waals surface area contributed by atoms with Crippen LogP contribution in [0.5, 0.6) is 5.75 Å². The van der Waals surface area contributed by atoms with Crippen molar-refractivity contribution < 1.29 is 4.74 Å². The first-order valence-corrected chi connectivity index (χ1v) is 7.36. The van der Waals surface area contributed by atoms with Crippen LogP contribution in [-0.2, 0) is 0 Å². The van der Waals surface area contributed by atoms with Crippen molar-refractivity contribution in [3.63, 3.8) is 0 Å². The van der Waals surface area contributed by atoms with Crippen LogP contribution in [0.1, 0.15) is 40.8 Å². The highest BCUT2D eigenvalue weighted by Crippen LogP contribution is 2.33. The molecule has 1 heterocycles. The Kier molecular flexibility index (Phi) is 4.97. The number of aryl methyl sites for hydroxylation is 3. The lowest BCUT2D eigenvalue weighted by atomic mass is 9.93. The maximum Gasteiger partial charge on any atom is 0.124 e. The molecule has 0 aliphatic carbocycles. The zero-order chi connectivity index (χ0) is 15.4. The van der Waals surface area contributed by atoms with E-state index in [1.165, 1.54) is 27.8 Å². The fourth-order valence-electron chi connectivity index (χ4n) is 2.81. The molecular formula is C18H24N2O. The van der Waals surface area contributed by atoms with Crippen LogP contribution in [0.4, 0.5) is 0 Å². The third-order valence-electron chi connectivity index (χ3n) is 3.64. The second kappa shape index (κ2) is 6.72. The molecule has 0 saturated carbocycles. The van der Waals surface area contributed by atoms with Gasteiger partial charge in [0.1, 0.15) is 5.75 Å². The molecule has 0 saturated heterocycles. The number of ether oxygens (including phenoxy) is 1. The lowest BCUT2D eigenvalue weighted by Crippen LogP contribution is -2.23. The second-order valence-corrected chi connectivity index (χ2v) is 5.48. The van der Waals surface area contributed by atoms with E-state index >= 15 is 0 Å². The number of benzene rings is 1. The van der Waals surface area contributed by atoms with Crippen LogP contribution in [0.2, 0.25) is 0 Å². The molecule has 0 aliphatic rings. The van der Waals surface area contributed by atoms with Gasteiger partial charge in [-0.15, -0.1) is 0 Å². The average Bonchev–Trinajstić information content (AvgIpc) is 2.44. The predicted octanol–water partition coefficient (Wildman–Crippen LogP) is 3.71. The highest BCUT2D eigenvalue weighted by atomic mass is 16.5. The molecular weight excluding hydrogens is 260 g/mol. The topological polar surface area (TPSA) is 34.2 Å². The van der Waals surface area contributed by atoms with E-state index in [2.05, 4.69) is 56.2 Å². The summed E-state index contributed by atoms with van der Waals surface area (Å²) >= 11 is 0. The quantitative estimate of drug-likeness (QED) is 0.908. The lowest BCUT2D eigenvalue weighted by Gasteiger charge is -2.24. The number of hydrogen-bond donors (Lipinski definition) is 1. The first kappa shape index (κ1) is 15.5. The summed E-state index contributed by atoms with van der Waals surface area (Å²) in [6, 6.07) is 6.57. The molecule has 1 aromatic heterocycles. The summed E-state index contributed by atoms with van der Waals surface area (Å²) < 4.78 is 5.63. The van der Waals surface area contributed by atoms with Gasteiger partial charge in [-0.2, -0.15) is 0 Å². The molecule has 1 N–H and O–H groups in total. The fourth-order valence-corrected chi connectivity index (χ4v) is 2.81. The average molecular weight is 284 g/mol. The first-order chi connectivity index (χ1) is 10.1. The van der Waals surface area contributed by atoms with Gasteiger partial charge >= 0.3 is 0 Å². The van der Waals surface area contributed by atoms with E-state index in [9.17, 15) is 0 Å². The second-order valence-electron chi connectivity index (χ2n) is 5.48. The van der Waals surface area contributed by atoms with Gasteiger partial charge < -0.3 is 10.1 Å². The minimum Gasteiger partial charge on any atom is -0.496 e. The molecule has 0 amide bonds. The molecule has 0 bridgehead atoms.